The molecule has 1 aromatic carbocycles. The van der Waals surface area contributed by atoms with Gasteiger partial charge in [0.25, 0.3) is 0 Å². The first-order chi connectivity index (χ1) is 21.6. The molecule has 0 aliphatic heterocycles. The molecule has 0 saturated heterocycles. The Kier molecular flexibility index (Phi) is 6.14. The number of pyridine rings is 1. The van der Waals surface area contributed by atoms with E-state index in [-0.39, 0.29) is 13.1 Å². The number of nitrogens with one attached hydrogen (secondary N) is 1. The van der Waals surface area contributed by atoms with E-state index in [9.17, 15) is 4.79 Å². The molecule has 4 aromatic rings. The molecule has 0 amide bonds. The highest BCUT2D eigenvalue weighted by Crippen LogP contribution is 2.33. The van der Waals surface area contributed by atoms with Gasteiger partial charge in [-0.3, -0.25) is 0 Å². The second-order valence-corrected chi connectivity index (χ2v) is 9.42. The lowest BCUT2D eigenvalue weighted by molar-refractivity contribution is 0.0378. The first kappa shape index (κ1) is 21.0. The van der Waals surface area contributed by atoms with Crippen molar-refractivity contribution >= 4 is 34.3 Å². The van der Waals surface area contributed by atoms with Crippen LogP contribution in [-0.2, 0) is 11.8 Å². The zero-order chi connectivity index (χ0) is 34.7. The number of aryl methyl sites for hydroxylation is 2. The van der Waals surface area contributed by atoms with E-state index in [0.717, 1.165) is 34.4 Å². The molecule has 3 aromatic heterocycles. The highest BCUT2D eigenvalue weighted by Gasteiger charge is 2.22. The van der Waals surface area contributed by atoms with Gasteiger partial charge in [0.1, 0.15) is 23.6 Å². The Morgan fingerprint density at radius 3 is 2.81 bits per heavy atom. The van der Waals surface area contributed by atoms with Gasteiger partial charge in [0.2, 0.25) is 5.95 Å². The minimum absolute atomic E-state index is 0. The summed E-state index contributed by atoms with van der Waals surface area (Å²) in [6.45, 7) is 6.87. The standard InChI is InChI=1S/C27H33N7O3.5H2/c1-16(2)37-26(35)19-14-30-27(32-24(19)20-15-34(6)25-18(20)8-7-9-29-25)31-22-13-21(28)23(12-17(22)3)36-11-10-33(4)5;;;;;/h7-9,12-16H,10-11,28H2,1-6H3,(H,30,31,32);5*1H/i;4*1+2T;1+2. The molecule has 10 heteroatoms. The molecule has 0 fully saturated rings. The van der Waals surface area contributed by atoms with Gasteiger partial charge in [-0.15, -0.1) is 0 Å². The number of hydrogen-bond acceptors (Lipinski definition) is 9. The third-order valence-corrected chi connectivity index (χ3v) is 5.74. The number of hydrogen-bond donors (Lipinski definition) is 2. The number of anilines is 3. The lowest BCUT2D eigenvalue weighted by atomic mass is 10.1. The van der Waals surface area contributed by atoms with E-state index in [2.05, 4.69) is 15.3 Å². The van der Waals surface area contributed by atoms with Crippen molar-refractivity contribution in [2.45, 2.75) is 26.9 Å². The predicted octanol–water partition coefficient (Wildman–Crippen LogP) is 5.40. The number of aromatic nitrogens is 4. The van der Waals surface area contributed by atoms with Gasteiger partial charge >= 0.3 is 5.97 Å². The van der Waals surface area contributed by atoms with Crippen molar-refractivity contribution in [3.63, 3.8) is 0 Å². The first-order valence-corrected chi connectivity index (χ1v) is 12.1. The molecule has 4 rings (SSSR count). The van der Waals surface area contributed by atoms with E-state index in [1.54, 1.807) is 26.1 Å². The molecule has 3 N–H and O–H groups in total. The molecule has 0 spiro atoms. The molecule has 37 heavy (non-hydrogen) atoms. The number of ether oxygens (including phenoxy) is 2. The molecule has 0 aliphatic rings. The zero-order valence-corrected chi connectivity index (χ0v) is 22.1. The van der Waals surface area contributed by atoms with Crippen LogP contribution in [0, 0.1) is 6.92 Å². The van der Waals surface area contributed by atoms with Crippen molar-refractivity contribution in [2.75, 3.05) is 38.3 Å². The number of fused-ring (bicyclic) bond motifs is 1. The lowest BCUT2D eigenvalue weighted by Gasteiger charge is -2.16. The van der Waals surface area contributed by atoms with E-state index in [1.807, 2.05) is 61.9 Å². The van der Waals surface area contributed by atoms with Crippen molar-refractivity contribution < 1.29 is 27.6 Å². The topological polar surface area (TPSA) is 120 Å². The number of likely N-dealkylation sites (N-methyl/N-ethyl adjacent to an activating group) is 1. The van der Waals surface area contributed by atoms with E-state index in [4.69, 9.17) is 32.1 Å². The second kappa shape index (κ2) is 10.8. The van der Waals surface area contributed by atoms with E-state index >= 15 is 0 Å². The number of carbonyl (C=O) groups excluding carboxylic acids is 1. The summed E-state index contributed by atoms with van der Waals surface area (Å²) in [6.07, 6.45) is 4.84. The van der Waals surface area contributed by atoms with Gasteiger partial charge < -0.3 is 30.0 Å². The van der Waals surface area contributed by atoms with Gasteiger partial charge in [-0.1, -0.05) is 0 Å². The number of carbonyl (C=O) groups is 1. The minimum Gasteiger partial charge on any atom is -0.490 e. The molecule has 0 aliphatic carbocycles. The summed E-state index contributed by atoms with van der Waals surface area (Å²) >= 11 is 0. The van der Waals surface area contributed by atoms with Crippen molar-refractivity contribution in [2.24, 2.45) is 7.05 Å². The van der Waals surface area contributed by atoms with Gasteiger partial charge in [0.05, 0.1) is 17.5 Å². The Morgan fingerprint density at radius 1 is 1.30 bits per heavy atom. The van der Waals surface area contributed by atoms with Crippen LogP contribution in [0.2, 0.25) is 0 Å². The quantitative estimate of drug-likeness (QED) is 0.216. The van der Waals surface area contributed by atoms with Crippen molar-refractivity contribution in [3.8, 4) is 17.0 Å². The highest BCUT2D eigenvalue weighted by molar-refractivity contribution is 6.02. The van der Waals surface area contributed by atoms with Crippen LogP contribution < -0.4 is 15.8 Å². The average Bonchev–Trinajstić information content (AvgIpc) is 3.39. The smallest absolute Gasteiger partial charge is 0.342 e. The molecule has 204 valence electrons. The maximum atomic E-state index is 12.9. The van der Waals surface area contributed by atoms with Crippen LogP contribution in [0.15, 0.2) is 42.9 Å². The summed E-state index contributed by atoms with van der Waals surface area (Å²) in [6, 6.07) is 7.49. The number of nitrogens with two attached hydrogens (primary N) is 1. The van der Waals surface area contributed by atoms with E-state index < -0.39 is 5.97 Å². The highest BCUT2D eigenvalue weighted by atomic mass is 16.5. The van der Waals surface area contributed by atoms with Crippen LogP contribution in [0.5, 0.6) is 5.75 Å². The van der Waals surface area contributed by atoms with Gasteiger partial charge in [0, 0.05) is 62.1 Å². The molecule has 0 radical (unpaired) electrons. The summed E-state index contributed by atoms with van der Waals surface area (Å²) in [4.78, 5) is 28.6. The van der Waals surface area contributed by atoms with Gasteiger partial charge in [-0.05, 0) is 64.7 Å². The largest absolute Gasteiger partial charge is 0.490 e. The monoisotopic (exact) mass is 531 g/mol. The van der Waals surface area contributed by atoms with Crippen LogP contribution in [0.4, 0.5) is 17.3 Å². The van der Waals surface area contributed by atoms with Crippen LogP contribution in [0.3, 0.4) is 0 Å². The first-order valence-electron chi connectivity index (χ1n) is 16.1. The summed E-state index contributed by atoms with van der Waals surface area (Å²) in [5.74, 6) is 0.458. The number of nitrogen functional groups attached to an aromatic ring is 1. The van der Waals surface area contributed by atoms with Crippen LogP contribution in [0.25, 0.3) is 22.3 Å². The van der Waals surface area contributed by atoms with Crippen molar-refractivity contribution in [1.29, 1.82) is 0 Å². The number of nitrogens with zero attached hydrogens (tertiary/aromatic N) is 5. The fraction of sp³-hybridized carbons (Fsp3) is 0.333. The summed E-state index contributed by atoms with van der Waals surface area (Å²) in [7, 11) is 5.88. The Balaban J connectivity index is 0. The van der Waals surface area contributed by atoms with Crippen LogP contribution in [-0.4, -0.2) is 63.7 Å². The fourth-order valence-corrected chi connectivity index (χ4v) is 3.89. The second-order valence-electron chi connectivity index (χ2n) is 9.42. The van der Waals surface area contributed by atoms with Gasteiger partial charge in [-0.25, -0.2) is 19.7 Å². The summed E-state index contributed by atoms with van der Waals surface area (Å²) < 4.78 is 53.2. The summed E-state index contributed by atoms with van der Waals surface area (Å²) in [5.41, 5.74) is 10.7. The SMILES string of the molecule is Cc1cc(OCCN(C)C)c(N)cc1Nc1ncc(C(=O)OC(C)C)c(-c2cn(C)c3ncccc23)n1.[3HH].[3H][3H].[3H][3H].[3H][3H].[3H][3H]. The minimum atomic E-state index is -0.489. The van der Waals surface area contributed by atoms with Gasteiger partial charge in [-0.2, -0.15) is 0 Å². The molecular weight excluding hydrogens is 470 g/mol. The molecule has 0 atom stereocenters. The van der Waals surface area contributed by atoms with Gasteiger partial charge in [0.15, 0.2) is 0 Å². The molecule has 3 heterocycles. The third kappa shape index (κ3) is 5.80. The average molecular weight is 532 g/mol. The Morgan fingerprint density at radius 2 is 2.08 bits per heavy atom. The Labute approximate surface area is 230 Å². The normalized spacial score (nSPS) is 12.2. The predicted molar refractivity (Wildman–Crippen MR) is 156 cm³/mol. The number of rotatable bonds is 9. The maximum absolute atomic E-state index is 12.9. The maximum Gasteiger partial charge on any atom is 0.342 e. The van der Waals surface area contributed by atoms with E-state index in [0.29, 0.717) is 29.7 Å². The third-order valence-electron chi connectivity index (χ3n) is 5.74. The molecule has 0 saturated carbocycles. The molecular formula is C27H43N7O3. The van der Waals surface area contributed by atoms with Crippen molar-refractivity contribution in [3.05, 3.63) is 54.0 Å². The fourth-order valence-electron chi connectivity index (χ4n) is 3.89. The van der Waals surface area contributed by atoms with Crippen LogP contribution >= 0.6 is 0 Å². The number of esters is 1. The van der Waals surface area contributed by atoms with E-state index in [1.165, 1.54) is 6.20 Å². The Bertz CT molecular complexity index is 1460. The zero-order valence-electron chi connectivity index (χ0n) is 30.1. The Hall–Kier alpha value is -4.18. The lowest BCUT2D eigenvalue weighted by Crippen LogP contribution is -2.19. The molecule has 0 bridgehead atoms. The molecule has 10 nitrogen and oxygen atoms in total. The van der Waals surface area contributed by atoms with Crippen molar-refractivity contribution in [1.82, 2.24) is 24.4 Å². The van der Waals surface area contributed by atoms with Crippen LogP contribution in [0.1, 0.15) is 43.1 Å². The number of benzene rings is 1. The summed E-state index contributed by atoms with van der Waals surface area (Å²) in [5, 5.41) is 4.11. The molecule has 0 unspecified atom stereocenters.